The lowest BCUT2D eigenvalue weighted by atomic mass is 10.2. The number of rotatable bonds is 7. The van der Waals surface area contributed by atoms with Gasteiger partial charge in [0.25, 0.3) is 0 Å². The molecule has 2 N–H and O–H groups in total. The number of carbonyl (C=O) groups is 1. The molecule has 0 fully saturated rings. The SMILES string of the molecule is CCOC(=O)C(N)CCSCc1ccc2c(c1)OCO2. The molecule has 0 amide bonds. The largest absolute Gasteiger partial charge is 0.465 e. The van der Waals surface area contributed by atoms with Crippen LogP contribution in [0.3, 0.4) is 0 Å². The van der Waals surface area contributed by atoms with Gasteiger partial charge < -0.3 is 19.9 Å². The molecule has 0 saturated heterocycles. The molecule has 1 unspecified atom stereocenters. The Bertz CT molecular complexity index is 466. The van der Waals surface area contributed by atoms with Gasteiger partial charge in [-0.1, -0.05) is 6.07 Å². The van der Waals surface area contributed by atoms with Gasteiger partial charge in [-0.25, -0.2) is 0 Å². The molecule has 0 aromatic heterocycles. The van der Waals surface area contributed by atoms with Crippen molar-refractivity contribution in [1.29, 1.82) is 0 Å². The van der Waals surface area contributed by atoms with Crippen LogP contribution in [0.5, 0.6) is 11.5 Å². The molecule has 20 heavy (non-hydrogen) atoms. The zero-order valence-electron chi connectivity index (χ0n) is 11.5. The van der Waals surface area contributed by atoms with Gasteiger partial charge >= 0.3 is 5.97 Å². The summed E-state index contributed by atoms with van der Waals surface area (Å²) in [6.45, 7) is 2.44. The number of nitrogens with two attached hydrogens (primary N) is 1. The van der Waals surface area contributed by atoms with Gasteiger partial charge in [0.05, 0.1) is 6.61 Å². The van der Waals surface area contributed by atoms with Gasteiger partial charge in [-0.3, -0.25) is 4.79 Å². The topological polar surface area (TPSA) is 70.8 Å². The van der Waals surface area contributed by atoms with Crippen LogP contribution in [0.1, 0.15) is 18.9 Å². The van der Waals surface area contributed by atoms with Crippen LogP contribution in [0.25, 0.3) is 0 Å². The fourth-order valence-electron chi connectivity index (χ4n) is 1.80. The number of hydrogen-bond acceptors (Lipinski definition) is 6. The van der Waals surface area contributed by atoms with Gasteiger partial charge in [-0.15, -0.1) is 0 Å². The number of thioether (sulfide) groups is 1. The summed E-state index contributed by atoms with van der Waals surface area (Å²) in [7, 11) is 0. The normalized spacial score (nSPS) is 14.1. The van der Waals surface area contributed by atoms with E-state index in [1.807, 2.05) is 18.2 Å². The van der Waals surface area contributed by atoms with Gasteiger partial charge in [0.15, 0.2) is 11.5 Å². The molecule has 2 rings (SSSR count). The third kappa shape index (κ3) is 4.05. The Morgan fingerprint density at radius 1 is 1.45 bits per heavy atom. The molecule has 0 spiro atoms. The van der Waals surface area contributed by atoms with E-state index in [2.05, 4.69) is 0 Å². The molecule has 1 aromatic carbocycles. The Balaban J connectivity index is 1.70. The van der Waals surface area contributed by atoms with E-state index in [9.17, 15) is 4.79 Å². The zero-order chi connectivity index (χ0) is 14.4. The Morgan fingerprint density at radius 3 is 3.05 bits per heavy atom. The Morgan fingerprint density at radius 2 is 2.25 bits per heavy atom. The van der Waals surface area contributed by atoms with E-state index in [0.29, 0.717) is 19.8 Å². The summed E-state index contributed by atoms with van der Waals surface area (Å²) >= 11 is 1.73. The lowest BCUT2D eigenvalue weighted by Crippen LogP contribution is -2.32. The highest BCUT2D eigenvalue weighted by molar-refractivity contribution is 7.98. The molecule has 1 aromatic rings. The molecule has 1 heterocycles. The average molecular weight is 297 g/mol. The second-order valence-corrected chi connectivity index (χ2v) is 5.49. The fourth-order valence-corrected chi connectivity index (χ4v) is 2.78. The lowest BCUT2D eigenvalue weighted by Gasteiger charge is -2.10. The van der Waals surface area contributed by atoms with E-state index >= 15 is 0 Å². The first-order chi connectivity index (χ1) is 9.70. The first-order valence-electron chi connectivity index (χ1n) is 6.59. The van der Waals surface area contributed by atoms with E-state index in [4.69, 9.17) is 19.9 Å². The van der Waals surface area contributed by atoms with Crippen molar-refractivity contribution < 1.29 is 19.0 Å². The predicted molar refractivity (Wildman–Crippen MR) is 78.0 cm³/mol. The molecule has 0 radical (unpaired) electrons. The van der Waals surface area contributed by atoms with Crippen LogP contribution in [0.2, 0.25) is 0 Å². The highest BCUT2D eigenvalue weighted by Crippen LogP contribution is 2.33. The lowest BCUT2D eigenvalue weighted by molar-refractivity contribution is -0.144. The van der Waals surface area contributed by atoms with Crippen molar-refractivity contribution in [1.82, 2.24) is 0 Å². The number of fused-ring (bicyclic) bond motifs is 1. The molecule has 0 saturated carbocycles. The minimum absolute atomic E-state index is 0.292. The maximum atomic E-state index is 11.3. The zero-order valence-corrected chi connectivity index (χ0v) is 12.3. The number of carbonyl (C=O) groups excluding carboxylic acids is 1. The van der Waals surface area contributed by atoms with E-state index in [-0.39, 0.29) is 5.97 Å². The molecule has 110 valence electrons. The third-order valence-electron chi connectivity index (χ3n) is 2.87. The molecule has 1 aliphatic heterocycles. The number of ether oxygens (including phenoxy) is 3. The standard InChI is InChI=1S/C14H19NO4S/c1-2-17-14(16)11(15)5-6-20-8-10-3-4-12-13(7-10)19-9-18-12/h3-4,7,11H,2,5-6,8-9,15H2,1H3. The Hall–Kier alpha value is -1.40. The Labute approximate surface area is 122 Å². The van der Waals surface area contributed by atoms with E-state index < -0.39 is 6.04 Å². The highest BCUT2D eigenvalue weighted by Gasteiger charge is 2.15. The highest BCUT2D eigenvalue weighted by atomic mass is 32.2. The van der Waals surface area contributed by atoms with Crippen LogP contribution in [-0.2, 0) is 15.3 Å². The van der Waals surface area contributed by atoms with Crippen LogP contribution in [0.15, 0.2) is 18.2 Å². The first kappa shape index (κ1) is 15.0. The molecular weight excluding hydrogens is 278 g/mol. The number of esters is 1. The van der Waals surface area contributed by atoms with Crippen molar-refractivity contribution in [3.8, 4) is 11.5 Å². The van der Waals surface area contributed by atoms with E-state index in [0.717, 1.165) is 23.0 Å². The maximum Gasteiger partial charge on any atom is 0.322 e. The second kappa shape index (κ2) is 7.40. The average Bonchev–Trinajstić information content (AvgIpc) is 2.91. The van der Waals surface area contributed by atoms with Crippen LogP contribution >= 0.6 is 11.8 Å². The number of hydrogen-bond donors (Lipinski definition) is 1. The van der Waals surface area contributed by atoms with Crippen molar-refractivity contribution in [3.63, 3.8) is 0 Å². The predicted octanol–water partition coefficient (Wildman–Crippen LogP) is 1.93. The fraction of sp³-hybridized carbons (Fsp3) is 0.500. The minimum atomic E-state index is -0.529. The van der Waals surface area contributed by atoms with Crippen LogP contribution in [0, 0.1) is 0 Å². The molecule has 0 bridgehead atoms. The summed E-state index contributed by atoms with van der Waals surface area (Å²) in [5, 5.41) is 0. The summed E-state index contributed by atoms with van der Waals surface area (Å²) < 4.78 is 15.5. The summed E-state index contributed by atoms with van der Waals surface area (Å²) in [6, 6.07) is 5.40. The van der Waals surface area contributed by atoms with Gasteiger partial charge in [0.1, 0.15) is 6.04 Å². The smallest absolute Gasteiger partial charge is 0.322 e. The van der Waals surface area contributed by atoms with E-state index in [1.165, 1.54) is 5.56 Å². The van der Waals surface area contributed by atoms with Crippen LogP contribution in [0.4, 0.5) is 0 Å². The van der Waals surface area contributed by atoms with Gasteiger partial charge in [0.2, 0.25) is 6.79 Å². The summed E-state index contributed by atoms with van der Waals surface area (Å²) in [4.78, 5) is 11.3. The Kier molecular flexibility index (Phi) is 5.55. The quantitative estimate of drug-likeness (QED) is 0.612. The summed E-state index contributed by atoms with van der Waals surface area (Å²) in [5.74, 6) is 2.94. The summed E-state index contributed by atoms with van der Waals surface area (Å²) in [6.07, 6.45) is 0.619. The van der Waals surface area contributed by atoms with Crippen molar-refractivity contribution in [2.45, 2.75) is 25.1 Å². The third-order valence-corrected chi connectivity index (χ3v) is 3.93. The minimum Gasteiger partial charge on any atom is -0.465 e. The molecule has 1 aliphatic rings. The monoisotopic (exact) mass is 297 g/mol. The first-order valence-corrected chi connectivity index (χ1v) is 7.74. The number of benzene rings is 1. The van der Waals surface area contributed by atoms with Crippen molar-refractivity contribution >= 4 is 17.7 Å². The van der Waals surface area contributed by atoms with Crippen LogP contribution < -0.4 is 15.2 Å². The van der Waals surface area contributed by atoms with Crippen LogP contribution in [-0.4, -0.2) is 31.2 Å². The van der Waals surface area contributed by atoms with Crippen molar-refractivity contribution in [2.24, 2.45) is 5.73 Å². The molecule has 6 heteroatoms. The summed E-state index contributed by atoms with van der Waals surface area (Å²) in [5.41, 5.74) is 6.90. The van der Waals surface area contributed by atoms with Gasteiger partial charge in [-0.05, 0) is 36.8 Å². The molecule has 0 aliphatic carbocycles. The maximum absolute atomic E-state index is 11.3. The van der Waals surface area contributed by atoms with Gasteiger partial charge in [-0.2, -0.15) is 11.8 Å². The molecular formula is C14H19NO4S. The van der Waals surface area contributed by atoms with Gasteiger partial charge in [0, 0.05) is 5.75 Å². The second-order valence-electron chi connectivity index (χ2n) is 4.39. The van der Waals surface area contributed by atoms with E-state index in [1.54, 1.807) is 18.7 Å². The van der Waals surface area contributed by atoms with Crippen molar-refractivity contribution in [3.05, 3.63) is 23.8 Å². The molecule has 5 nitrogen and oxygen atoms in total. The van der Waals surface area contributed by atoms with Crippen molar-refractivity contribution in [2.75, 3.05) is 19.2 Å². The molecule has 1 atom stereocenters.